The Morgan fingerprint density at radius 1 is 1.43 bits per heavy atom. The van der Waals surface area contributed by atoms with Crippen molar-refractivity contribution < 1.29 is 4.42 Å². The first-order chi connectivity index (χ1) is 6.78. The predicted molar refractivity (Wildman–Crippen MR) is 55.4 cm³/mol. The van der Waals surface area contributed by atoms with Gasteiger partial charge < -0.3 is 9.73 Å². The Bertz CT molecular complexity index is 302. The number of aromatic nitrogens is 2. The Labute approximate surface area is 87.9 Å². The fourth-order valence-electron chi connectivity index (χ4n) is 1.78. The van der Waals surface area contributed by atoms with Gasteiger partial charge in [-0.25, -0.2) is 0 Å². The van der Waals surface area contributed by atoms with E-state index in [1.165, 1.54) is 19.3 Å². The second-order valence-electron chi connectivity index (χ2n) is 3.63. The summed E-state index contributed by atoms with van der Waals surface area (Å²) in [5.41, 5.74) is 0. The number of rotatable bonds is 3. The molecule has 0 aromatic carbocycles. The van der Waals surface area contributed by atoms with Crippen LogP contribution in [-0.2, 0) is 0 Å². The molecule has 5 heteroatoms. The van der Waals surface area contributed by atoms with Crippen molar-refractivity contribution in [1.29, 1.82) is 0 Å². The summed E-state index contributed by atoms with van der Waals surface area (Å²) < 4.78 is 5.33. The van der Waals surface area contributed by atoms with Gasteiger partial charge in [0.25, 0.3) is 5.22 Å². The van der Waals surface area contributed by atoms with E-state index in [0.717, 1.165) is 0 Å². The molecular formula is C9H15N3OS. The van der Waals surface area contributed by atoms with Crippen LogP contribution in [0.4, 0.5) is 0 Å². The van der Waals surface area contributed by atoms with Crippen molar-refractivity contribution >= 4 is 11.8 Å². The molecule has 14 heavy (non-hydrogen) atoms. The molecule has 0 spiro atoms. The van der Waals surface area contributed by atoms with Gasteiger partial charge >= 0.3 is 0 Å². The number of hydrogen-bond donors (Lipinski definition) is 1. The molecule has 4 nitrogen and oxygen atoms in total. The minimum absolute atomic E-state index is 0.632. The van der Waals surface area contributed by atoms with Crippen LogP contribution in [0.25, 0.3) is 0 Å². The lowest BCUT2D eigenvalue weighted by Gasteiger charge is -2.07. The highest BCUT2D eigenvalue weighted by atomic mass is 32.2. The quantitative estimate of drug-likeness (QED) is 0.826. The second-order valence-corrected chi connectivity index (χ2v) is 4.88. The average Bonchev–Trinajstić information content (AvgIpc) is 2.76. The monoisotopic (exact) mass is 213 g/mol. The van der Waals surface area contributed by atoms with Crippen LogP contribution in [0.2, 0.25) is 0 Å². The van der Waals surface area contributed by atoms with Crippen molar-refractivity contribution in [2.24, 2.45) is 0 Å². The molecule has 1 fully saturated rings. The topological polar surface area (TPSA) is 51.0 Å². The highest BCUT2D eigenvalue weighted by Crippen LogP contribution is 2.33. The van der Waals surface area contributed by atoms with Gasteiger partial charge in [-0.05, 0) is 26.3 Å². The predicted octanol–water partition coefficient (Wildman–Crippen LogP) is 1.61. The summed E-state index contributed by atoms with van der Waals surface area (Å²) in [4.78, 5) is 0. The summed E-state index contributed by atoms with van der Waals surface area (Å²) in [5.74, 6) is 0.649. The fraction of sp³-hybridized carbons (Fsp3) is 0.778. The molecule has 2 atom stereocenters. The summed E-state index contributed by atoms with van der Waals surface area (Å²) >= 11 is 1.71. The fourth-order valence-corrected chi connectivity index (χ4v) is 2.90. The molecular weight excluding hydrogens is 198 g/mol. The largest absolute Gasteiger partial charge is 0.416 e. The van der Waals surface area contributed by atoms with E-state index in [-0.39, 0.29) is 0 Å². The summed E-state index contributed by atoms with van der Waals surface area (Å²) in [6.07, 6.45) is 3.68. The van der Waals surface area contributed by atoms with Crippen molar-refractivity contribution in [3.8, 4) is 0 Å². The molecule has 1 N–H and O–H groups in total. The van der Waals surface area contributed by atoms with E-state index in [1.807, 2.05) is 14.0 Å². The third-order valence-corrected chi connectivity index (χ3v) is 3.70. The molecule has 0 bridgehead atoms. The molecule has 0 saturated heterocycles. The molecule has 1 aliphatic carbocycles. The zero-order chi connectivity index (χ0) is 9.97. The van der Waals surface area contributed by atoms with Crippen LogP contribution in [0.15, 0.2) is 9.64 Å². The first-order valence-corrected chi connectivity index (χ1v) is 5.80. The molecule has 1 aromatic heterocycles. The Hall–Kier alpha value is -0.550. The van der Waals surface area contributed by atoms with Crippen LogP contribution in [0, 0.1) is 6.92 Å². The third kappa shape index (κ3) is 2.27. The summed E-state index contributed by atoms with van der Waals surface area (Å²) in [5, 5.41) is 12.4. The number of aryl methyl sites for hydroxylation is 1. The Morgan fingerprint density at radius 3 is 2.86 bits per heavy atom. The SMILES string of the molecule is CNC1CCC(Sc2nnc(C)o2)C1. The lowest BCUT2D eigenvalue weighted by Crippen LogP contribution is -2.21. The van der Waals surface area contributed by atoms with Crippen molar-refractivity contribution in [3.05, 3.63) is 5.89 Å². The van der Waals surface area contributed by atoms with Gasteiger partial charge in [0.2, 0.25) is 5.89 Å². The highest BCUT2D eigenvalue weighted by Gasteiger charge is 2.25. The first-order valence-electron chi connectivity index (χ1n) is 4.92. The van der Waals surface area contributed by atoms with E-state index in [9.17, 15) is 0 Å². The van der Waals surface area contributed by atoms with E-state index in [2.05, 4.69) is 15.5 Å². The zero-order valence-corrected chi connectivity index (χ0v) is 9.30. The molecule has 78 valence electrons. The molecule has 0 amide bonds. The lowest BCUT2D eigenvalue weighted by atomic mass is 10.3. The van der Waals surface area contributed by atoms with Gasteiger partial charge in [-0.2, -0.15) is 0 Å². The van der Waals surface area contributed by atoms with E-state index >= 15 is 0 Å². The zero-order valence-electron chi connectivity index (χ0n) is 8.49. The number of hydrogen-bond acceptors (Lipinski definition) is 5. The number of nitrogens with one attached hydrogen (secondary N) is 1. The summed E-state index contributed by atoms with van der Waals surface area (Å²) in [6, 6.07) is 0.663. The van der Waals surface area contributed by atoms with Crippen LogP contribution in [0.3, 0.4) is 0 Å². The van der Waals surface area contributed by atoms with Gasteiger partial charge in [0.05, 0.1) is 0 Å². The van der Waals surface area contributed by atoms with Gasteiger partial charge in [0.15, 0.2) is 0 Å². The minimum atomic E-state index is 0.632. The molecule has 1 aromatic rings. The standard InChI is InChI=1S/C9H15N3OS/c1-6-11-12-9(13-6)14-8-4-3-7(5-8)10-2/h7-8,10H,3-5H2,1-2H3. The second kappa shape index (κ2) is 4.31. The molecule has 1 aliphatic rings. The normalized spacial score (nSPS) is 27.0. The molecule has 0 aliphatic heterocycles. The first kappa shape index (κ1) is 9.98. The average molecular weight is 213 g/mol. The van der Waals surface area contributed by atoms with Crippen LogP contribution in [-0.4, -0.2) is 28.5 Å². The van der Waals surface area contributed by atoms with E-state index in [4.69, 9.17) is 4.42 Å². The maximum absolute atomic E-state index is 5.33. The molecule has 2 unspecified atom stereocenters. The number of thioether (sulfide) groups is 1. The van der Waals surface area contributed by atoms with Crippen LogP contribution >= 0.6 is 11.8 Å². The van der Waals surface area contributed by atoms with Gasteiger partial charge in [0, 0.05) is 18.2 Å². The van der Waals surface area contributed by atoms with Crippen molar-refractivity contribution in [3.63, 3.8) is 0 Å². The van der Waals surface area contributed by atoms with Gasteiger partial charge in [-0.1, -0.05) is 11.8 Å². The van der Waals surface area contributed by atoms with Crippen LogP contribution in [0.1, 0.15) is 25.2 Å². The smallest absolute Gasteiger partial charge is 0.276 e. The van der Waals surface area contributed by atoms with Gasteiger partial charge in [0.1, 0.15) is 0 Å². The molecule has 2 rings (SSSR count). The van der Waals surface area contributed by atoms with Gasteiger partial charge in [-0.15, -0.1) is 10.2 Å². The van der Waals surface area contributed by atoms with E-state index < -0.39 is 0 Å². The van der Waals surface area contributed by atoms with Crippen LogP contribution < -0.4 is 5.32 Å². The third-order valence-electron chi connectivity index (χ3n) is 2.57. The maximum Gasteiger partial charge on any atom is 0.276 e. The van der Waals surface area contributed by atoms with Gasteiger partial charge in [-0.3, -0.25) is 0 Å². The maximum atomic E-state index is 5.33. The van der Waals surface area contributed by atoms with Crippen molar-refractivity contribution in [2.75, 3.05) is 7.05 Å². The number of nitrogens with zero attached hydrogens (tertiary/aromatic N) is 2. The Morgan fingerprint density at radius 2 is 2.29 bits per heavy atom. The van der Waals surface area contributed by atoms with E-state index in [1.54, 1.807) is 11.8 Å². The summed E-state index contributed by atoms with van der Waals surface area (Å²) in [6.45, 7) is 1.82. The Balaban J connectivity index is 1.87. The van der Waals surface area contributed by atoms with Crippen LogP contribution in [0.5, 0.6) is 0 Å². The highest BCUT2D eigenvalue weighted by molar-refractivity contribution is 7.99. The molecule has 0 radical (unpaired) electrons. The lowest BCUT2D eigenvalue weighted by molar-refractivity contribution is 0.428. The minimum Gasteiger partial charge on any atom is -0.416 e. The van der Waals surface area contributed by atoms with Crippen molar-refractivity contribution in [1.82, 2.24) is 15.5 Å². The van der Waals surface area contributed by atoms with Crippen molar-refractivity contribution in [2.45, 2.75) is 42.7 Å². The molecule has 1 heterocycles. The molecule has 1 saturated carbocycles. The van der Waals surface area contributed by atoms with E-state index in [0.29, 0.717) is 22.4 Å². The Kier molecular flexibility index (Phi) is 3.08. The summed E-state index contributed by atoms with van der Waals surface area (Å²) in [7, 11) is 2.02.